The van der Waals surface area contributed by atoms with Gasteiger partial charge in [-0.1, -0.05) is 12.1 Å². The van der Waals surface area contributed by atoms with E-state index < -0.39 is 0 Å². The van der Waals surface area contributed by atoms with E-state index in [0.29, 0.717) is 0 Å². The van der Waals surface area contributed by atoms with Crippen LogP contribution in [0.4, 0.5) is 0 Å². The smallest absolute Gasteiger partial charge is 0.133 e. The number of benzene rings is 1. The highest BCUT2D eigenvalue weighted by atomic mass is 127. The van der Waals surface area contributed by atoms with E-state index in [9.17, 15) is 0 Å². The maximum Gasteiger partial charge on any atom is 0.133 e. The van der Waals surface area contributed by atoms with E-state index >= 15 is 0 Å². The van der Waals surface area contributed by atoms with Crippen molar-refractivity contribution in [3.8, 4) is 5.75 Å². The van der Waals surface area contributed by atoms with Gasteiger partial charge in [0.25, 0.3) is 0 Å². The summed E-state index contributed by atoms with van der Waals surface area (Å²) in [6, 6.07) is 6.96. The molecule has 0 heterocycles. The maximum atomic E-state index is 5.59. The molecule has 1 rings (SSSR count). The summed E-state index contributed by atoms with van der Waals surface area (Å²) >= 11 is 5.73. The minimum atomic E-state index is 0.760. The predicted octanol–water partition coefficient (Wildman–Crippen LogP) is 3.41. The standard InChI is InChI=1S/C9H9BrIOSi/c10-7-3-1-4-8(9(7)11)12-5-2-6-13/h1,3-4H,2,5-6H2. The highest BCUT2D eigenvalue weighted by Crippen LogP contribution is 2.28. The van der Waals surface area contributed by atoms with Crippen molar-refractivity contribution in [3.63, 3.8) is 0 Å². The number of halogens is 2. The van der Waals surface area contributed by atoms with E-state index in [0.717, 1.165) is 32.9 Å². The number of rotatable bonds is 4. The van der Waals surface area contributed by atoms with Crippen LogP contribution in [0.2, 0.25) is 6.04 Å². The van der Waals surface area contributed by atoms with E-state index in [1.54, 1.807) is 0 Å². The highest BCUT2D eigenvalue weighted by Gasteiger charge is 2.02. The Bertz CT molecular complexity index is 280. The SMILES string of the molecule is [Si]CCCOc1cccc(Br)c1I. The topological polar surface area (TPSA) is 9.23 Å². The highest BCUT2D eigenvalue weighted by molar-refractivity contribution is 14.1. The van der Waals surface area contributed by atoms with E-state index in [1.807, 2.05) is 18.2 Å². The third-order valence-corrected chi connectivity index (χ3v) is 4.36. The molecule has 0 aliphatic rings. The van der Waals surface area contributed by atoms with Crippen LogP contribution < -0.4 is 4.74 Å². The van der Waals surface area contributed by atoms with Gasteiger partial charge in [0.1, 0.15) is 5.75 Å². The number of ether oxygens (including phenoxy) is 1. The fraction of sp³-hybridized carbons (Fsp3) is 0.333. The molecule has 0 saturated carbocycles. The van der Waals surface area contributed by atoms with Gasteiger partial charge < -0.3 is 4.74 Å². The van der Waals surface area contributed by atoms with Crippen LogP contribution in [0.5, 0.6) is 5.75 Å². The van der Waals surface area contributed by atoms with Crippen LogP contribution in [0, 0.1) is 3.57 Å². The average molecular weight is 368 g/mol. The van der Waals surface area contributed by atoms with Gasteiger partial charge in [0, 0.05) is 14.7 Å². The molecule has 0 saturated heterocycles. The zero-order chi connectivity index (χ0) is 9.68. The summed E-state index contributed by atoms with van der Waals surface area (Å²) < 4.78 is 7.81. The van der Waals surface area contributed by atoms with E-state index in [4.69, 9.17) is 4.74 Å². The molecule has 0 spiro atoms. The third kappa shape index (κ3) is 3.59. The molecule has 4 heteroatoms. The first-order valence-electron chi connectivity index (χ1n) is 3.97. The zero-order valence-electron chi connectivity index (χ0n) is 7.02. The Kier molecular flexibility index (Phi) is 5.34. The fourth-order valence-corrected chi connectivity index (χ4v) is 1.86. The van der Waals surface area contributed by atoms with Crippen molar-refractivity contribution in [2.45, 2.75) is 12.5 Å². The molecule has 0 aliphatic carbocycles. The molecule has 69 valence electrons. The minimum Gasteiger partial charge on any atom is -0.492 e. The molecule has 1 aromatic carbocycles. The van der Waals surface area contributed by atoms with E-state index in [2.05, 4.69) is 48.8 Å². The van der Waals surface area contributed by atoms with Crippen LogP contribution in [0.3, 0.4) is 0 Å². The summed E-state index contributed by atoms with van der Waals surface area (Å²) in [5.74, 6) is 0.954. The average Bonchev–Trinajstić information content (AvgIpc) is 2.13. The summed E-state index contributed by atoms with van der Waals surface area (Å²) in [4.78, 5) is 0. The Morgan fingerprint density at radius 1 is 1.46 bits per heavy atom. The van der Waals surface area contributed by atoms with Crippen molar-refractivity contribution in [1.29, 1.82) is 0 Å². The van der Waals surface area contributed by atoms with Crippen molar-refractivity contribution in [3.05, 3.63) is 26.2 Å². The normalized spacial score (nSPS) is 10.1. The minimum absolute atomic E-state index is 0.760. The Hall–Kier alpha value is 0.447. The van der Waals surface area contributed by atoms with Crippen molar-refractivity contribution in [2.24, 2.45) is 0 Å². The van der Waals surface area contributed by atoms with Crippen LogP contribution in [0.25, 0.3) is 0 Å². The molecule has 0 N–H and O–H groups in total. The molecule has 0 unspecified atom stereocenters. The van der Waals surface area contributed by atoms with Gasteiger partial charge in [-0.15, -0.1) is 0 Å². The lowest BCUT2D eigenvalue weighted by molar-refractivity contribution is 0.315. The first-order valence-corrected chi connectivity index (χ1v) is 6.55. The van der Waals surface area contributed by atoms with Crippen LogP contribution in [-0.4, -0.2) is 16.8 Å². The van der Waals surface area contributed by atoms with Gasteiger partial charge in [-0.25, -0.2) is 0 Å². The zero-order valence-corrected chi connectivity index (χ0v) is 11.8. The van der Waals surface area contributed by atoms with Crippen molar-refractivity contribution in [2.75, 3.05) is 6.61 Å². The molecule has 13 heavy (non-hydrogen) atoms. The van der Waals surface area contributed by atoms with Crippen LogP contribution in [0.1, 0.15) is 6.42 Å². The van der Waals surface area contributed by atoms with Gasteiger partial charge >= 0.3 is 0 Å². The van der Waals surface area contributed by atoms with Crippen LogP contribution >= 0.6 is 38.5 Å². The first-order chi connectivity index (χ1) is 6.25. The molecule has 0 aromatic heterocycles. The molecule has 0 amide bonds. The summed E-state index contributed by atoms with van der Waals surface area (Å²) in [6.45, 7) is 0.760. The molecule has 3 radical (unpaired) electrons. The monoisotopic (exact) mass is 367 g/mol. The third-order valence-electron chi connectivity index (χ3n) is 1.49. The second kappa shape index (κ2) is 6.03. The predicted molar refractivity (Wildman–Crippen MR) is 67.5 cm³/mol. The lowest BCUT2D eigenvalue weighted by Gasteiger charge is -2.07. The van der Waals surface area contributed by atoms with Gasteiger partial charge in [-0.2, -0.15) is 0 Å². The van der Waals surface area contributed by atoms with Gasteiger partial charge in [0.05, 0.1) is 10.2 Å². The van der Waals surface area contributed by atoms with Gasteiger partial charge in [-0.05, 0) is 57.1 Å². The van der Waals surface area contributed by atoms with Crippen molar-refractivity contribution in [1.82, 2.24) is 0 Å². The molecule has 1 aromatic rings. The second-order valence-electron chi connectivity index (χ2n) is 2.50. The first kappa shape index (κ1) is 11.5. The number of hydrogen-bond acceptors (Lipinski definition) is 1. The molecule has 0 atom stereocenters. The lowest BCUT2D eigenvalue weighted by Crippen LogP contribution is -1.98. The quantitative estimate of drug-likeness (QED) is 0.450. The molecule has 0 bridgehead atoms. The van der Waals surface area contributed by atoms with Crippen LogP contribution in [0.15, 0.2) is 22.7 Å². The Labute approximate surface area is 104 Å². The van der Waals surface area contributed by atoms with Crippen molar-refractivity contribution >= 4 is 48.8 Å². The molecular formula is C9H9BrIOSi. The van der Waals surface area contributed by atoms with E-state index in [1.165, 1.54) is 0 Å². The lowest BCUT2D eigenvalue weighted by atomic mass is 10.3. The van der Waals surface area contributed by atoms with Crippen LogP contribution in [-0.2, 0) is 0 Å². The maximum absolute atomic E-state index is 5.59. The fourth-order valence-electron chi connectivity index (χ4n) is 0.850. The Balaban J connectivity index is 2.61. The van der Waals surface area contributed by atoms with Crippen molar-refractivity contribution < 1.29 is 4.74 Å². The Morgan fingerprint density at radius 2 is 2.23 bits per heavy atom. The van der Waals surface area contributed by atoms with Gasteiger partial charge in [0.15, 0.2) is 0 Å². The Morgan fingerprint density at radius 3 is 2.92 bits per heavy atom. The molecule has 1 nitrogen and oxygen atoms in total. The summed E-state index contributed by atoms with van der Waals surface area (Å²) in [5.41, 5.74) is 0. The van der Waals surface area contributed by atoms with Gasteiger partial charge in [0.2, 0.25) is 0 Å². The summed E-state index contributed by atoms with van der Waals surface area (Å²) in [7, 11) is 3.41. The molecule has 0 aliphatic heterocycles. The van der Waals surface area contributed by atoms with Gasteiger partial charge in [-0.3, -0.25) is 0 Å². The summed E-state index contributed by atoms with van der Waals surface area (Å²) in [6.07, 6.45) is 1.03. The number of hydrogen-bond donors (Lipinski definition) is 0. The largest absolute Gasteiger partial charge is 0.492 e. The molecular weight excluding hydrogens is 359 g/mol. The van der Waals surface area contributed by atoms with E-state index in [-0.39, 0.29) is 0 Å². The second-order valence-corrected chi connectivity index (χ2v) is 4.94. The summed E-state index contributed by atoms with van der Waals surface area (Å²) in [5, 5.41) is 0. The molecule has 0 fully saturated rings.